The number of nitrogens with one attached hydrogen (secondary N) is 5. The van der Waals surface area contributed by atoms with E-state index in [2.05, 4.69) is 53.6 Å². The number of Topliss-reactive ketones (excluding diaryl/α,β-unsaturated/α-hetero) is 1. The monoisotopic (exact) mass is 1630 g/mol. The minimum absolute atomic E-state index is 0.0154. The number of esters is 5. The van der Waals surface area contributed by atoms with Crippen LogP contribution in [0.4, 0.5) is 23.4 Å². The average molecular weight is 1630 g/mol. The average Bonchev–Trinajstić information content (AvgIpc) is 0.719. The van der Waals surface area contributed by atoms with Crippen LogP contribution in [0, 0.1) is 41.3 Å². The Morgan fingerprint density at radius 2 is 1.53 bits per heavy atom. The number of aliphatic hydroxyl groups excluding tert-OH is 1. The molecular formula is C79H84F4N10O22S. The molecule has 2 bridgehead atoms. The van der Waals surface area contributed by atoms with Crippen LogP contribution in [0.25, 0.3) is 0 Å². The van der Waals surface area contributed by atoms with Gasteiger partial charge >= 0.3 is 42.0 Å². The molecule has 3 aliphatic carbocycles. The molecule has 0 radical (unpaired) electrons. The van der Waals surface area contributed by atoms with Crippen LogP contribution in [0.3, 0.4) is 0 Å². The number of oxime groups is 1. The van der Waals surface area contributed by atoms with Crippen LogP contribution in [0.2, 0.25) is 0 Å². The largest absolute Gasteiger partial charge is 0.480 e. The fourth-order valence-corrected chi connectivity index (χ4v) is 16.0. The van der Waals surface area contributed by atoms with Gasteiger partial charge < -0.3 is 69.8 Å². The van der Waals surface area contributed by atoms with Crippen molar-refractivity contribution in [3.63, 3.8) is 0 Å². The third kappa shape index (κ3) is 19.2. The lowest BCUT2D eigenvalue weighted by Gasteiger charge is -2.67. The van der Waals surface area contributed by atoms with E-state index in [0.717, 1.165) is 19.4 Å². The zero-order valence-electron chi connectivity index (χ0n) is 63.6. The number of sulfonamides is 1. The van der Waals surface area contributed by atoms with Gasteiger partial charge in [0.05, 0.1) is 46.5 Å². The van der Waals surface area contributed by atoms with E-state index in [4.69, 9.17) is 33.3 Å². The summed E-state index contributed by atoms with van der Waals surface area (Å²) in [4.78, 5) is 149. The van der Waals surface area contributed by atoms with Crippen molar-refractivity contribution in [3.05, 3.63) is 184 Å². The summed E-state index contributed by atoms with van der Waals surface area (Å²) >= 11 is 0. The Hall–Kier alpha value is -11.9. The summed E-state index contributed by atoms with van der Waals surface area (Å²) in [6.45, 7) is 8.22. The van der Waals surface area contributed by atoms with E-state index in [1.165, 1.54) is 75.0 Å². The Bertz CT molecular complexity index is 4970. The highest BCUT2D eigenvalue weighted by atomic mass is 32.2. The molecule has 32 nitrogen and oxygen atoms in total. The number of fused-ring (bicyclic) bond motifs is 5. The van der Waals surface area contributed by atoms with Gasteiger partial charge in [0.2, 0.25) is 22.0 Å². The molecule has 10 rings (SSSR count). The second-order valence-corrected chi connectivity index (χ2v) is 30.4. The number of ketones is 1. The third-order valence-corrected chi connectivity index (χ3v) is 22.2. The number of carboxylic acids is 1. The highest BCUT2D eigenvalue weighted by Crippen LogP contribution is 2.64. The van der Waals surface area contributed by atoms with E-state index in [0.29, 0.717) is 24.8 Å². The predicted octanol–water partition coefficient (Wildman–Crippen LogP) is 6.09. The van der Waals surface area contributed by atoms with E-state index in [9.17, 15) is 79.7 Å². The minimum Gasteiger partial charge on any atom is -0.480 e. The molecule has 12 atom stereocenters. The Kier molecular flexibility index (Phi) is 27.1. The SMILES string of the molecule is CC(=O)O[C@H]1C(=O)[C@@]2(C)[C@H]([C@H](OC(=O)c3ccccc3)[C@]3(O)CC(OC(=O)[C@H](OC(=O)CCC(=O)NCO/N=C/CCC#Cc4c(C(=O)NC[C@H](NS(=O)(=O)c5ccc(F)c(C(F)(F)F)c5)C(=O)O)nnn4CCCNc4cc(C)ccn4)[C@@H](NC(=O)c4ccccc4)c4ccccc4)C(C)=C1C3(C)C)[C@]1(OC(C)=O)CO[C@@H]1C[C@@H]2O. The number of pyridine rings is 1. The number of carbonyl (C=O) groups excluding carboxylic acids is 9. The van der Waals surface area contributed by atoms with Crippen molar-refractivity contribution in [2.75, 3.05) is 31.7 Å². The smallest absolute Gasteiger partial charge is 0.419 e. The minimum atomic E-state index is -5.30. The van der Waals surface area contributed by atoms with Crippen molar-refractivity contribution in [2.24, 2.45) is 21.9 Å². The van der Waals surface area contributed by atoms with Gasteiger partial charge in [0.15, 0.2) is 29.9 Å². The van der Waals surface area contributed by atoms with Crippen LogP contribution in [-0.2, 0) is 89.6 Å². The van der Waals surface area contributed by atoms with E-state index < -0.39 is 213 Å². The molecule has 0 spiro atoms. The van der Waals surface area contributed by atoms with Crippen LogP contribution in [-0.4, -0.2) is 190 Å². The van der Waals surface area contributed by atoms with Gasteiger partial charge in [-0.05, 0) is 116 Å². The van der Waals surface area contributed by atoms with E-state index in [1.54, 1.807) is 71.6 Å². The number of hydrogen-bond acceptors (Lipinski definition) is 26. The van der Waals surface area contributed by atoms with Gasteiger partial charge in [-0.1, -0.05) is 96.9 Å². The Morgan fingerprint density at radius 3 is 2.17 bits per heavy atom. The van der Waals surface area contributed by atoms with Crippen molar-refractivity contribution < 1.29 is 123 Å². The first-order valence-corrected chi connectivity index (χ1v) is 38.0. The Labute approximate surface area is 661 Å². The lowest BCUT2D eigenvalue weighted by Crippen LogP contribution is -2.82. The summed E-state index contributed by atoms with van der Waals surface area (Å²) in [6.07, 6.45) is -15.1. The number of halogens is 4. The van der Waals surface area contributed by atoms with Crippen LogP contribution < -0.4 is 26.0 Å². The number of amides is 3. The van der Waals surface area contributed by atoms with Crippen LogP contribution in [0.1, 0.15) is 146 Å². The highest BCUT2D eigenvalue weighted by Gasteiger charge is 2.78. The molecular weight excluding hydrogens is 1550 g/mol. The Balaban J connectivity index is 0.844. The van der Waals surface area contributed by atoms with Crippen molar-refractivity contribution in [2.45, 2.75) is 171 Å². The molecule has 37 heteroatoms. The highest BCUT2D eigenvalue weighted by molar-refractivity contribution is 7.89. The maximum atomic E-state index is 16.0. The van der Waals surface area contributed by atoms with E-state index in [-0.39, 0.29) is 71.5 Å². The van der Waals surface area contributed by atoms with Crippen molar-refractivity contribution in [3.8, 4) is 11.8 Å². The number of hydrogen-bond donors (Lipinski definition) is 8. The van der Waals surface area contributed by atoms with Gasteiger partial charge in [0.1, 0.15) is 53.3 Å². The molecule has 1 saturated heterocycles. The van der Waals surface area contributed by atoms with Crippen molar-refractivity contribution >= 4 is 81.4 Å². The maximum absolute atomic E-state index is 16.0. The fraction of sp³-hybridized carbons (Fsp3) is 0.418. The quantitative estimate of drug-likeness (QED) is 0.00281. The number of unbranched alkanes of at least 4 members (excludes halogenated alkanes) is 1. The molecule has 116 heavy (non-hydrogen) atoms. The van der Waals surface area contributed by atoms with Gasteiger partial charge in [0, 0.05) is 82.6 Å². The maximum Gasteiger partial charge on any atom is 0.419 e. The van der Waals surface area contributed by atoms with Crippen LogP contribution in [0.5, 0.6) is 0 Å². The first-order chi connectivity index (χ1) is 54.9. The number of aliphatic hydroxyl groups is 2. The number of benzene rings is 4. The molecule has 4 aromatic carbocycles. The number of rotatable bonds is 31. The molecule has 1 unspecified atom stereocenters. The number of anilines is 1. The lowest BCUT2D eigenvalue weighted by atomic mass is 9.44. The number of aryl methyl sites for hydroxylation is 2. The predicted molar refractivity (Wildman–Crippen MR) is 397 cm³/mol. The molecule has 2 aromatic heterocycles. The molecule has 8 N–H and O–H groups in total. The summed E-state index contributed by atoms with van der Waals surface area (Å²) in [5.74, 6) is -8.24. The number of ether oxygens (including phenoxy) is 6. The zero-order valence-corrected chi connectivity index (χ0v) is 64.5. The van der Waals surface area contributed by atoms with Gasteiger partial charge in [-0.25, -0.2) is 32.1 Å². The molecule has 616 valence electrons. The lowest BCUT2D eigenvalue weighted by molar-refractivity contribution is -0.346. The summed E-state index contributed by atoms with van der Waals surface area (Å²) in [5.41, 5.74) is -9.94. The second-order valence-electron chi connectivity index (χ2n) is 28.7. The molecule has 3 heterocycles. The van der Waals surface area contributed by atoms with Gasteiger partial charge in [-0.2, -0.15) is 17.9 Å². The first-order valence-electron chi connectivity index (χ1n) is 36.5. The molecule has 6 aromatic rings. The van der Waals surface area contributed by atoms with Crippen LogP contribution in [0.15, 0.2) is 149 Å². The number of aromatic nitrogens is 4. The molecule has 4 aliphatic rings. The molecule has 3 amide bonds. The number of nitrogens with zero attached hydrogens (tertiary/aromatic N) is 5. The number of carbonyl (C=O) groups is 10. The third-order valence-electron chi connectivity index (χ3n) is 20.7. The number of carboxylic acid groups (broad SMARTS) is 1. The molecule has 3 fully saturated rings. The Morgan fingerprint density at radius 1 is 0.853 bits per heavy atom. The number of alkyl halides is 3. The first kappa shape index (κ1) is 86.6. The second kappa shape index (κ2) is 36.3. The topological polar surface area (TPSA) is 446 Å². The molecule has 2 saturated carbocycles. The van der Waals surface area contributed by atoms with E-state index in [1.807, 2.05) is 13.0 Å². The van der Waals surface area contributed by atoms with Gasteiger partial charge in [-0.3, -0.25) is 38.4 Å². The fourth-order valence-electron chi connectivity index (χ4n) is 14.8. The van der Waals surface area contributed by atoms with Crippen molar-refractivity contribution in [1.82, 2.24) is 40.7 Å². The standard InChI is InChI=1S/C79H84F4N10O22S/c1-44-32-35-85-59(37-44)84-33-20-36-93-55(64(90-92-93)71(101)86-41-54(72(102)103)91-116(107,108)51-28-29-53(80)52(38-51)79(81,82)83)27-18-11-19-34-88-110-43-87-60(97)30-31-61(98)113-66(63(48-21-12-8-13-22-48)89-70(100)49-23-14-9-15-24-49)74(105)112-56-40-78(106)69(114-73(104)50-25-16-10-17-26-50)67-76(7,57(96)39-58-77(67,42-109-58)115-47(4)95)68(99)65(111-46(3)94)62(45(56)2)75(78,5)6/h8-10,12-17,21-26,28-29,32,34-35,37-38,54,56-58,63,65-67,69,91,96,106H,11,19-20,30-31,33,36,39-43H2,1-7H3,(H,84,85)(H,86,101)(H,87,97)(H,89,100)(H,102,103)/b88-34+/t54-,56?,57-,58+,63-,65+,66+,67-,69-,76+,77-,78+/m0/s1. The van der Waals surface area contributed by atoms with Gasteiger partial charge in [0.25, 0.3) is 11.8 Å². The number of aliphatic carboxylic acids is 1. The zero-order chi connectivity index (χ0) is 84.2. The van der Waals surface area contributed by atoms with E-state index >= 15 is 9.59 Å². The van der Waals surface area contributed by atoms with Gasteiger partial charge in [-0.15, -0.1) is 5.10 Å². The summed E-state index contributed by atoms with van der Waals surface area (Å²) < 4.78 is 120. The normalized spacial score (nSPS) is 22.8. The van der Waals surface area contributed by atoms with Crippen molar-refractivity contribution in [1.29, 1.82) is 0 Å². The molecule has 1 aliphatic heterocycles. The summed E-state index contributed by atoms with van der Waals surface area (Å²) in [6, 6.07) is 23.7. The van der Waals surface area contributed by atoms with Crippen LogP contribution >= 0.6 is 0 Å². The summed E-state index contributed by atoms with van der Waals surface area (Å²) in [7, 11) is -5.07. The summed E-state index contributed by atoms with van der Waals surface area (Å²) in [5, 5.41) is 58.7.